The Hall–Kier alpha value is -1.23. The summed E-state index contributed by atoms with van der Waals surface area (Å²) in [7, 11) is 1.56. The number of rotatable bonds is 4. The number of anilines is 1. The predicted molar refractivity (Wildman–Crippen MR) is 57.8 cm³/mol. The smallest absolute Gasteiger partial charge is 0.234 e. The standard InChI is InChI=1S/C9H12N2O2S/c1-13-8-3-4-10-5-7(8)11-9(12)6-14-2/h3-5H,6H2,1-2H3,(H,11,12). The Bertz CT molecular complexity index is 317. The van der Waals surface area contributed by atoms with Gasteiger partial charge in [-0.15, -0.1) is 0 Å². The van der Waals surface area contributed by atoms with Crippen molar-refractivity contribution >= 4 is 23.4 Å². The van der Waals surface area contributed by atoms with Crippen molar-refractivity contribution < 1.29 is 9.53 Å². The van der Waals surface area contributed by atoms with Crippen LogP contribution in [0, 0.1) is 0 Å². The molecule has 0 aliphatic rings. The molecule has 5 heteroatoms. The molecule has 14 heavy (non-hydrogen) atoms. The van der Waals surface area contributed by atoms with Gasteiger partial charge in [-0.05, 0) is 6.26 Å². The van der Waals surface area contributed by atoms with Crippen LogP contribution in [0.3, 0.4) is 0 Å². The summed E-state index contributed by atoms with van der Waals surface area (Å²) in [6.45, 7) is 0. The van der Waals surface area contributed by atoms with Crippen LogP contribution in [-0.2, 0) is 4.79 Å². The van der Waals surface area contributed by atoms with Crippen LogP contribution in [0.4, 0.5) is 5.69 Å². The van der Waals surface area contributed by atoms with Gasteiger partial charge < -0.3 is 10.1 Å². The topological polar surface area (TPSA) is 51.2 Å². The highest BCUT2D eigenvalue weighted by Crippen LogP contribution is 2.21. The number of amides is 1. The number of carbonyl (C=O) groups excluding carboxylic acids is 1. The minimum Gasteiger partial charge on any atom is -0.494 e. The van der Waals surface area contributed by atoms with Gasteiger partial charge in [0.25, 0.3) is 0 Å². The van der Waals surface area contributed by atoms with Gasteiger partial charge in [0.05, 0.1) is 19.1 Å². The summed E-state index contributed by atoms with van der Waals surface area (Å²) >= 11 is 1.47. The van der Waals surface area contributed by atoms with Gasteiger partial charge in [-0.3, -0.25) is 9.78 Å². The Balaban J connectivity index is 2.70. The number of aromatic nitrogens is 1. The van der Waals surface area contributed by atoms with Crippen molar-refractivity contribution in [1.82, 2.24) is 4.98 Å². The molecular formula is C9H12N2O2S. The van der Waals surface area contributed by atoms with E-state index in [1.165, 1.54) is 11.8 Å². The molecule has 0 aliphatic heterocycles. The predicted octanol–water partition coefficient (Wildman–Crippen LogP) is 1.39. The fourth-order valence-electron chi connectivity index (χ4n) is 0.971. The normalized spacial score (nSPS) is 9.57. The summed E-state index contributed by atoms with van der Waals surface area (Å²) in [4.78, 5) is 15.2. The van der Waals surface area contributed by atoms with E-state index in [9.17, 15) is 4.79 Å². The minimum atomic E-state index is -0.0520. The molecule has 0 saturated carbocycles. The summed E-state index contributed by atoms with van der Waals surface area (Å²) in [6.07, 6.45) is 5.06. The number of pyridine rings is 1. The lowest BCUT2D eigenvalue weighted by Gasteiger charge is -2.08. The number of ether oxygens (including phenoxy) is 1. The summed E-state index contributed by atoms with van der Waals surface area (Å²) in [5.41, 5.74) is 0.606. The summed E-state index contributed by atoms with van der Waals surface area (Å²) in [5, 5.41) is 2.72. The first-order valence-corrected chi connectivity index (χ1v) is 5.44. The molecule has 1 N–H and O–H groups in total. The molecule has 0 bridgehead atoms. The average Bonchev–Trinajstić information content (AvgIpc) is 2.19. The third kappa shape index (κ3) is 2.92. The van der Waals surface area contributed by atoms with Crippen LogP contribution in [0.5, 0.6) is 5.75 Å². The average molecular weight is 212 g/mol. The van der Waals surface area contributed by atoms with E-state index in [4.69, 9.17) is 4.74 Å². The summed E-state index contributed by atoms with van der Waals surface area (Å²) in [6, 6.07) is 1.70. The Morgan fingerprint density at radius 2 is 2.50 bits per heavy atom. The number of hydrogen-bond donors (Lipinski definition) is 1. The highest BCUT2D eigenvalue weighted by Gasteiger charge is 2.05. The molecule has 76 valence electrons. The molecular weight excluding hydrogens is 200 g/mol. The van der Waals surface area contributed by atoms with Crippen LogP contribution in [0.25, 0.3) is 0 Å². The Morgan fingerprint density at radius 1 is 1.71 bits per heavy atom. The zero-order valence-corrected chi connectivity index (χ0v) is 8.93. The Labute approximate surface area is 87.1 Å². The second kappa shape index (κ2) is 5.49. The fraction of sp³-hybridized carbons (Fsp3) is 0.333. The van der Waals surface area contributed by atoms with Gasteiger partial charge in [0.15, 0.2) is 0 Å². The molecule has 0 saturated heterocycles. The first-order chi connectivity index (χ1) is 6.77. The molecule has 0 radical (unpaired) electrons. The van der Waals surface area contributed by atoms with Crippen molar-refractivity contribution in [3.63, 3.8) is 0 Å². The van der Waals surface area contributed by atoms with E-state index in [1.807, 2.05) is 6.26 Å². The van der Waals surface area contributed by atoms with E-state index in [-0.39, 0.29) is 5.91 Å². The number of carbonyl (C=O) groups is 1. The molecule has 0 aliphatic carbocycles. The van der Waals surface area contributed by atoms with E-state index in [0.717, 1.165) is 0 Å². The molecule has 1 rings (SSSR count). The maximum absolute atomic E-state index is 11.3. The molecule has 1 aromatic heterocycles. The van der Waals surface area contributed by atoms with Gasteiger partial charge in [-0.25, -0.2) is 0 Å². The second-order valence-electron chi connectivity index (χ2n) is 2.56. The second-order valence-corrected chi connectivity index (χ2v) is 3.42. The number of methoxy groups -OCH3 is 1. The Kier molecular flexibility index (Phi) is 4.25. The van der Waals surface area contributed by atoms with E-state index in [0.29, 0.717) is 17.2 Å². The van der Waals surface area contributed by atoms with E-state index >= 15 is 0 Å². The zero-order chi connectivity index (χ0) is 10.4. The third-order valence-electron chi connectivity index (χ3n) is 1.55. The van der Waals surface area contributed by atoms with Crippen molar-refractivity contribution in [2.75, 3.05) is 24.4 Å². The molecule has 0 fully saturated rings. The van der Waals surface area contributed by atoms with Crippen molar-refractivity contribution in [3.05, 3.63) is 18.5 Å². The van der Waals surface area contributed by atoms with Crippen LogP contribution >= 0.6 is 11.8 Å². The van der Waals surface area contributed by atoms with Crippen LogP contribution in [-0.4, -0.2) is 30.0 Å². The highest BCUT2D eigenvalue weighted by atomic mass is 32.2. The molecule has 0 aromatic carbocycles. The monoisotopic (exact) mass is 212 g/mol. The van der Waals surface area contributed by atoms with Crippen LogP contribution in [0.2, 0.25) is 0 Å². The number of nitrogens with one attached hydrogen (secondary N) is 1. The van der Waals surface area contributed by atoms with Crippen LogP contribution < -0.4 is 10.1 Å². The zero-order valence-electron chi connectivity index (χ0n) is 8.11. The van der Waals surface area contributed by atoms with E-state index in [2.05, 4.69) is 10.3 Å². The molecule has 1 amide bonds. The van der Waals surface area contributed by atoms with Crippen molar-refractivity contribution in [2.24, 2.45) is 0 Å². The number of thioether (sulfide) groups is 1. The minimum absolute atomic E-state index is 0.0520. The summed E-state index contributed by atoms with van der Waals surface area (Å²) < 4.78 is 5.06. The largest absolute Gasteiger partial charge is 0.494 e. The van der Waals surface area contributed by atoms with Crippen LogP contribution in [0.1, 0.15) is 0 Å². The number of hydrogen-bond acceptors (Lipinski definition) is 4. The van der Waals surface area contributed by atoms with Gasteiger partial charge in [-0.1, -0.05) is 0 Å². The van der Waals surface area contributed by atoms with E-state index < -0.39 is 0 Å². The van der Waals surface area contributed by atoms with Gasteiger partial charge in [-0.2, -0.15) is 11.8 Å². The quantitative estimate of drug-likeness (QED) is 0.819. The molecule has 0 unspecified atom stereocenters. The first kappa shape index (κ1) is 10.8. The van der Waals surface area contributed by atoms with Crippen molar-refractivity contribution in [1.29, 1.82) is 0 Å². The number of nitrogens with zero attached hydrogens (tertiary/aromatic N) is 1. The van der Waals surface area contributed by atoms with E-state index in [1.54, 1.807) is 25.6 Å². The lowest BCUT2D eigenvalue weighted by molar-refractivity contribution is -0.113. The van der Waals surface area contributed by atoms with Gasteiger partial charge in [0.2, 0.25) is 5.91 Å². The maximum atomic E-state index is 11.3. The SMILES string of the molecule is COc1ccncc1NC(=O)CSC. The van der Waals surface area contributed by atoms with Gasteiger partial charge in [0, 0.05) is 12.3 Å². The maximum Gasteiger partial charge on any atom is 0.234 e. The Morgan fingerprint density at radius 3 is 3.14 bits per heavy atom. The first-order valence-electron chi connectivity index (χ1n) is 4.04. The van der Waals surface area contributed by atoms with Gasteiger partial charge in [0.1, 0.15) is 11.4 Å². The summed E-state index contributed by atoms with van der Waals surface area (Å²) in [5.74, 6) is 0.996. The highest BCUT2D eigenvalue weighted by molar-refractivity contribution is 7.99. The molecule has 1 aromatic rings. The van der Waals surface area contributed by atoms with Crippen molar-refractivity contribution in [2.45, 2.75) is 0 Å². The van der Waals surface area contributed by atoms with Crippen molar-refractivity contribution in [3.8, 4) is 5.75 Å². The van der Waals surface area contributed by atoms with Crippen LogP contribution in [0.15, 0.2) is 18.5 Å². The lowest BCUT2D eigenvalue weighted by Crippen LogP contribution is -2.14. The molecule has 4 nitrogen and oxygen atoms in total. The lowest BCUT2D eigenvalue weighted by atomic mass is 10.4. The fourth-order valence-corrected chi connectivity index (χ4v) is 1.31. The third-order valence-corrected chi connectivity index (χ3v) is 2.10. The van der Waals surface area contributed by atoms with Gasteiger partial charge >= 0.3 is 0 Å². The molecule has 0 spiro atoms. The molecule has 0 atom stereocenters. The molecule has 1 heterocycles.